The van der Waals surface area contributed by atoms with E-state index in [1.54, 1.807) is 0 Å². The average Bonchev–Trinajstić information content (AvgIpc) is 2.59. The number of nitrogens with zero attached hydrogens (tertiary/aromatic N) is 1. The van der Waals surface area contributed by atoms with Crippen LogP contribution in [0.1, 0.15) is 18.5 Å². The minimum atomic E-state index is -0.532. The summed E-state index contributed by atoms with van der Waals surface area (Å²) >= 11 is 0. The molecule has 0 aromatic heterocycles. The molecule has 1 aliphatic heterocycles. The van der Waals surface area contributed by atoms with E-state index in [9.17, 15) is 4.79 Å². The van der Waals surface area contributed by atoms with Crippen LogP contribution in [0.2, 0.25) is 0 Å². The van der Waals surface area contributed by atoms with Gasteiger partial charge in [0.15, 0.2) is 12.0 Å². The maximum Gasteiger partial charge on any atom is 0.256 e. The van der Waals surface area contributed by atoms with Gasteiger partial charge in [-0.3, -0.25) is 10.1 Å². The summed E-state index contributed by atoms with van der Waals surface area (Å²) in [6, 6.07) is 6.73. The number of nitrogens with two attached hydrogens (primary N) is 1. The standard InChI is InChI=1S/C11H13N3O2/c1-2-16-8-5-3-7(4-6-8)9-10(15)14-11(12)13-9/h3-6,9H,2H2,1H3,(H3,12,13,14,15). The summed E-state index contributed by atoms with van der Waals surface area (Å²) in [5.41, 5.74) is 6.23. The van der Waals surface area contributed by atoms with Crippen LogP contribution in [-0.2, 0) is 4.79 Å². The van der Waals surface area contributed by atoms with Crippen molar-refractivity contribution in [3.63, 3.8) is 0 Å². The second-order valence-electron chi connectivity index (χ2n) is 3.41. The molecule has 0 fully saturated rings. The Hall–Kier alpha value is -2.04. The number of carbonyl (C=O) groups excluding carboxylic acids is 1. The summed E-state index contributed by atoms with van der Waals surface area (Å²) in [5, 5.41) is 2.46. The third-order valence-electron chi connectivity index (χ3n) is 2.27. The predicted octanol–water partition coefficient (Wildman–Crippen LogP) is 0.571. The van der Waals surface area contributed by atoms with Crippen LogP contribution in [0, 0.1) is 0 Å². The molecule has 1 atom stereocenters. The zero-order valence-electron chi connectivity index (χ0n) is 8.93. The Morgan fingerprint density at radius 1 is 1.44 bits per heavy atom. The number of hydrogen-bond acceptors (Lipinski definition) is 4. The van der Waals surface area contributed by atoms with Crippen LogP contribution in [0.4, 0.5) is 0 Å². The van der Waals surface area contributed by atoms with E-state index in [0.29, 0.717) is 6.61 Å². The second-order valence-corrected chi connectivity index (χ2v) is 3.41. The Labute approximate surface area is 93.3 Å². The molecule has 0 saturated heterocycles. The number of benzene rings is 1. The Balaban J connectivity index is 2.19. The van der Waals surface area contributed by atoms with Crippen molar-refractivity contribution in [3.05, 3.63) is 29.8 Å². The number of rotatable bonds is 3. The molecule has 1 amide bonds. The van der Waals surface area contributed by atoms with Gasteiger partial charge in [0, 0.05) is 0 Å². The minimum absolute atomic E-state index is 0.170. The van der Waals surface area contributed by atoms with Crippen molar-refractivity contribution in [1.29, 1.82) is 0 Å². The van der Waals surface area contributed by atoms with E-state index in [0.717, 1.165) is 11.3 Å². The first-order valence-electron chi connectivity index (χ1n) is 5.07. The van der Waals surface area contributed by atoms with Gasteiger partial charge in [-0.15, -0.1) is 0 Å². The number of carbonyl (C=O) groups is 1. The molecule has 3 N–H and O–H groups in total. The van der Waals surface area contributed by atoms with Crippen LogP contribution < -0.4 is 15.8 Å². The van der Waals surface area contributed by atoms with Gasteiger partial charge in [0.1, 0.15) is 5.75 Å². The van der Waals surface area contributed by atoms with Gasteiger partial charge in [-0.1, -0.05) is 12.1 Å². The topological polar surface area (TPSA) is 76.7 Å². The zero-order valence-corrected chi connectivity index (χ0v) is 8.93. The van der Waals surface area contributed by atoms with Gasteiger partial charge < -0.3 is 10.5 Å². The molecule has 5 heteroatoms. The maximum atomic E-state index is 11.5. The van der Waals surface area contributed by atoms with Gasteiger partial charge >= 0.3 is 0 Å². The molecular formula is C11H13N3O2. The van der Waals surface area contributed by atoms with Gasteiger partial charge in [-0.05, 0) is 24.6 Å². The van der Waals surface area contributed by atoms with Gasteiger partial charge in [-0.25, -0.2) is 4.99 Å². The highest BCUT2D eigenvalue weighted by atomic mass is 16.5. The van der Waals surface area contributed by atoms with Crippen molar-refractivity contribution in [3.8, 4) is 5.75 Å². The summed E-state index contributed by atoms with van der Waals surface area (Å²) in [6.45, 7) is 2.54. The molecule has 2 rings (SSSR count). The van der Waals surface area contributed by atoms with Gasteiger partial charge in [0.2, 0.25) is 0 Å². The molecule has 5 nitrogen and oxygen atoms in total. The molecule has 84 valence electrons. The molecule has 1 aromatic carbocycles. The van der Waals surface area contributed by atoms with Crippen molar-refractivity contribution in [2.45, 2.75) is 13.0 Å². The normalized spacial score (nSPS) is 19.2. The third-order valence-corrected chi connectivity index (χ3v) is 2.27. The van der Waals surface area contributed by atoms with Crippen molar-refractivity contribution in [1.82, 2.24) is 5.32 Å². The summed E-state index contributed by atoms with van der Waals surface area (Å²) in [5.74, 6) is 0.757. The molecular weight excluding hydrogens is 206 g/mol. The van der Waals surface area contributed by atoms with Crippen molar-refractivity contribution < 1.29 is 9.53 Å². The summed E-state index contributed by atoms with van der Waals surface area (Å²) < 4.78 is 5.31. The largest absolute Gasteiger partial charge is 0.494 e. The third kappa shape index (κ3) is 1.98. The van der Waals surface area contributed by atoms with E-state index in [4.69, 9.17) is 10.5 Å². The van der Waals surface area contributed by atoms with E-state index < -0.39 is 6.04 Å². The Morgan fingerprint density at radius 2 is 2.12 bits per heavy atom. The first-order valence-corrected chi connectivity index (χ1v) is 5.07. The fourth-order valence-electron chi connectivity index (χ4n) is 1.56. The SMILES string of the molecule is CCOc1ccc(C2N=C(N)NC2=O)cc1. The van der Waals surface area contributed by atoms with E-state index in [1.165, 1.54) is 0 Å². The van der Waals surface area contributed by atoms with Crippen LogP contribution in [-0.4, -0.2) is 18.5 Å². The van der Waals surface area contributed by atoms with Gasteiger partial charge in [-0.2, -0.15) is 0 Å². The lowest BCUT2D eigenvalue weighted by Crippen LogP contribution is -2.31. The van der Waals surface area contributed by atoms with Crippen LogP contribution in [0.3, 0.4) is 0 Å². The number of ether oxygens (including phenoxy) is 1. The first-order chi connectivity index (χ1) is 7.70. The van der Waals surface area contributed by atoms with Gasteiger partial charge in [0.25, 0.3) is 5.91 Å². The molecule has 16 heavy (non-hydrogen) atoms. The fraction of sp³-hybridized carbons (Fsp3) is 0.273. The number of guanidine groups is 1. The van der Waals surface area contributed by atoms with Crippen LogP contribution in [0.5, 0.6) is 5.75 Å². The van der Waals surface area contributed by atoms with Crippen LogP contribution >= 0.6 is 0 Å². The lowest BCUT2D eigenvalue weighted by molar-refractivity contribution is -0.120. The number of nitrogens with one attached hydrogen (secondary N) is 1. The monoisotopic (exact) mass is 219 g/mol. The molecule has 1 aromatic rings. The summed E-state index contributed by atoms with van der Waals surface area (Å²) in [7, 11) is 0. The van der Waals surface area contributed by atoms with E-state index in [2.05, 4.69) is 10.3 Å². The number of hydrogen-bond donors (Lipinski definition) is 2. The van der Waals surface area contributed by atoms with Crippen molar-refractivity contribution in [2.75, 3.05) is 6.61 Å². The van der Waals surface area contributed by atoms with E-state index in [1.807, 2.05) is 31.2 Å². The van der Waals surface area contributed by atoms with Crippen LogP contribution in [0.15, 0.2) is 29.3 Å². The minimum Gasteiger partial charge on any atom is -0.494 e. The maximum absolute atomic E-state index is 11.5. The van der Waals surface area contributed by atoms with E-state index in [-0.39, 0.29) is 11.9 Å². The number of aliphatic imine (C=N–C) groups is 1. The molecule has 1 aliphatic rings. The highest BCUT2D eigenvalue weighted by Gasteiger charge is 2.26. The van der Waals surface area contributed by atoms with Crippen LogP contribution in [0.25, 0.3) is 0 Å². The lowest BCUT2D eigenvalue weighted by atomic mass is 10.1. The molecule has 0 bridgehead atoms. The number of amides is 1. The molecule has 0 saturated carbocycles. The predicted molar refractivity (Wildman–Crippen MR) is 60.1 cm³/mol. The van der Waals surface area contributed by atoms with Crippen molar-refractivity contribution in [2.24, 2.45) is 10.7 Å². The Kier molecular flexibility index (Phi) is 2.76. The summed E-state index contributed by atoms with van der Waals surface area (Å²) in [4.78, 5) is 15.5. The van der Waals surface area contributed by atoms with Crippen molar-refractivity contribution >= 4 is 11.9 Å². The molecule has 0 aliphatic carbocycles. The smallest absolute Gasteiger partial charge is 0.256 e. The zero-order chi connectivity index (χ0) is 11.5. The highest BCUT2D eigenvalue weighted by molar-refractivity contribution is 6.04. The quantitative estimate of drug-likeness (QED) is 0.780. The Bertz CT molecular complexity index is 425. The second kappa shape index (κ2) is 4.22. The first kappa shape index (κ1) is 10.5. The fourth-order valence-corrected chi connectivity index (χ4v) is 1.56. The molecule has 0 radical (unpaired) electrons. The molecule has 0 spiro atoms. The summed E-state index contributed by atoms with van der Waals surface area (Å²) in [6.07, 6.45) is 0. The highest BCUT2D eigenvalue weighted by Crippen LogP contribution is 2.23. The molecule has 1 heterocycles. The van der Waals surface area contributed by atoms with Gasteiger partial charge in [0.05, 0.1) is 6.61 Å². The molecule has 1 unspecified atom stereocenters. The van der Waals surface area contributed by atoms with E-state index >= 15 is 0 Å². The average molecular weight is 219 g/mol. The Morgan fingerprint density at radius 3 is 2.62 bits per heavy atom. The lowest BCUT2D eigenvalue weighted by Gasteiger charge is -2.06.